The Morgan fingerprint density at radius 1 is 0.474 bits per heavy atom. The van der Waals surface area contributed by atoms with Crippen molar-refractivity contribution in [3.63, 3.8) is 0 Å². The van der Waals surface area contributed by atoms with Crippen LogP contribution in [-0.2, 0) is 0 Å². The van der Waals surface area contributed by atoms with E-state index in [4.69, 9.17) is 0 Å². The van der Waals surface area contributed by atoms with Crippen LogP contribution in [-0.4, -0.2) is 6.61 Å². The van der Waals surface area contributed by atoms with E-state index in [1.165, 1.54) is 83.5 Å². The molecule has 0 atom stereocenters. The zero-order chi connectivity index (χ0) is 13.3. The molecule has 0 fully saturated rings. The Morgan fingerprint density at radius 3 is 1.00 bits per heavy atom. The van der Waals surface area contributed by atoms with Crippen LogP contribution in [0.2, 0.25) is 0 Å². The van der Waals surface area contributed by atoms with Crippen molar-refractivity contribution in [3.8, 4) is 0 Å². The summed E-state index contributed by atoms with van der Waals surface area (Å²) in [7, 11) is 0. The summed E-state index contributed by atoms with van der Waals surface area (Å²) in [5, 5.41) is 10.2. The van der Waals surface area contributed by atoms with Gasteiger partial charge in [-0.3, -0.25) is 0 Å². The average Bonchev–Trinajstić information content (AvgIpc) is 2.39. The predicted octanol–water partition coefficient (Wildman–Crippen LogP) is 2.22. The summed E-state index contributed by atoms with van der Waals surface area (Å²) in [5.74, 6) is 0. The Balaban J connectivity index is 0. The van der Waals surface area contributed by atoms with Crippen molar-refractivity contribution < 1.29 is 24.0 Å². The van der Waals surface area contributed by atoms with E-state index in [0.717, 1.165) is 12.8 Å². The molecule has 19 heavy (non-hydrogen) atoms. The molecule has 0 bridgehead atoms. The molecular formula is C17H35LiO. The summed E-state index contributed by atoms with van der Waals surface area (Å²) < 4.78 is 0. The number of hydrogen-bond acceptors (Lipinski definition) is 1. The van der Waals surface area contributed by atoms with E-state index in [0.29, 0.717) is 0 Å². The van der Waals surface area contributed by atoms with E-state index < -0.39 is 0 Å². The van der Waals surface area contributed by atoms with Gasteiger partial charge < -0.3 is 5.11 Å². The largest absolute Gasteiger partial charge is 1.00 e. The van der Waals surface area contributed by atoms with E-state index in [9.17, 15) is 5.11 Å². The number of unbranched alkanes of at least 4 members (excludes halogenated alkanes) is 14. The van der Waals surface area contributed by atoms with Crippen molar-refractivity contribution in [2.75, 3.05) is 6.61 Å². The standard InChI is InChI=1S/C17H35O.Li/c1-2-3-4-5-6-7-8-9-10-11-12-13-14-15-16-17-18;/h2-17H2,1H3;/q-1;+1. The third-order valence-electron chi connectivity index (χ3n) is 3.75. The first-order chi connectivity index (χ1) is 8.91. The molecule has 0 aromatic heterocycles. The Bertz CT molecular complexity index is 123. The van der Waals surface area contributed by atoms with Gasteiger partial charge in [-0.15, -0.1) is 6.61 Å². The van der Waals surface area contributed by atoms with Gasteiger partial charge >= 0.3 is 18.9 Å². The SMILES string of the molecule is CCCCCCCCCCCCCCCCC[O-].[Li+]. The van der Waals surface area contributed by atoms with Crippen molar-refractivity contribution in [1.29, 1.82) is 0 Å². The molecular weight excluding hydrogens is 227 g/mol. The van der Waals surface area contributed by atoms with Crippen LogP contribution in [0.4, 0.5) is 0 Å². The first-order valence-electron chi connectivity index (χ1n) is 8.50. The summed E-state index contributed by atoms with van der Waals surface area (Å²) in [6, 6.07) is 0. The smallest absolute Gasteiger partial charge is 0.854 e. The molecule has 2 heteroatoms. The minimum Gasteiger partial charge on any atom is -0.854 e. The van der Waals surface area contributed by atoms with Crippen molar-refractivity contribution >= 4 is 0 Å². The summed E-state index contributed by atoms with van der Waals surface area (Å²) >= 11 is 0. The summed E-state index contributed by atoms with van der Waals surface area (Å²) in [5.41, 5.74) is 0. The molecule has 0 aliphatic rings. The van der Waals surface area contributed by atoms with Crippen LogP contribution < -0.4 is 24.0 Å². The molecule has 0 unspecified atom stereocenters. The fourth-order valence-corrected chi connectivity index (χ4v) is 2.47. The van der Waals surface area contributed by atoms with Crippen molar-refractivity contribution in [2.24, 2.45) is 0 Å². The Morgan fingerprint density at radius 2 is 0.737 bits per heavy atom. The van der Waals surface area contributed by atoms with Gasteiger partial charge in [-0.2, -0.15) is 0 Å². The van der Waals surface area contributed by atoms with E-state index in [2.05, 4.69) is 6.92 Å². The minimum absolute atomic E-state index is 0. The Kier molecular flexibility index (Phi) is 24.0. The number of rotatable bonds is 15. The minimum atomic E-state index is 0. The van der Waals surface area contributed by atoms with Gasteiger partial charge in [0.25, 0.3) is 0 Å². The normalized spacial score (nSPS) is 10.4. The molecule has 1 nitrogen and oxygen atoms in total. The third kappa shape index (κ3) is 21.0. The van der Waals surface area contributed by atoms with Gasteiger partial charge in [-0.05, 0) is 0 Å². The molecule has 0 aliphatic heterocycles. The summed E-state index contributed by atoms with van der Waals surface area (Å²) in [6.07, 6.45) is 20.3. The molecule has 0 rings (SSSR count). The maximum atomic E-state index is 10.2. The van der Waals surface area contributed by atoms with Crippen LogP contribution in [0.1, 0.15) is 103 Å². The van der Waals surface area contributed by atoms with Crippen molar-refractivity contribution in [2.45, 2.75) is 103 Å². The molecule has 0 spiro atoms. The average molecular weight is 262 g/mol. The van der Waals surface area contributed by atoms with Crippen LogP contribution in [0.3, 0.4) is 0 Å². The molecule has 110 valence electrons. The van der Waals surface area contributed by atoms with Gasteiger partial charge in [0, 0.05) is 0 Å². The summed E-state index contributed by atoms with van der Waals surface area (Å²) in [6.45, 7) is 2.40. The molecule has 0 aromatic carbocycles. The van der Waals surface area contributed by atoms with Gasteiger partial charge in [0.1, 0.15) is 0 Å². The molecule has 0 heterocycles. The molecule has 0 amide bonds. The van der Waals surface area contributed by atoms with Gasteiger partial charge in [0.2, 0.25) is 0 Å². The molecule has 0 saturated carbocycles. The van der Waals surface area contributed by atoms with Gasteiger partial charge in [0.15, 0.2) is 0 Å². The molecule has 0 saturated heterocycles. The topological polar surface area (TPSA) is 23.1 Å². The van der Waals surface area contributed by atoms with Gasteiger partial charge in [0.05, 0.1) is 0 Å². The van der Waals surface area contributed by atoms with Crippen LogP contribution in [0.25, 0.3) is 0 Å². The second kappa shape index (κ2) is 20.9. The van der Waals surface area contributed by atoms with Crippen LogP contribution in [0.15, 0.2) is 0 Å². The first kappa shape index (κ1) is 21.8. The first-order valence-corrected chi connectivity index (χ1v) is 8.50. The van der Waals surface area contributed by atoms with E-state index in [1.807, 2.05) is 0 Å². The van der Waals surface area contributed by atoms with Crippen molar-refractivity contribution in [1.82, 2.24) is 0 Å². The quantitative estimate of drug-likeness (QED) is 0.328. The fraction of sp³-hybridized carbons (Fsp3) is 1.00. The zero-order valence-corrected chi connectivity index (χ0v) is 13.7. The van der Waals surface area contributed by atoms with Crippen molar-refractivity contribution in [3.05, 3.63) is 0 Å². The predicted molar refractivity (Wildman–Crippen MR) is 79.8 cm³/mol. The molecule has 0 aliphatic carbocycles. The van der Waals surface area contributed by atoms with E-state index in [1.54, 1.807) is 0 Å². The maximum absolute atomic E-state index is 10.2. The molecule has 0 N–H and O–H groups in total. The van der Waals surface area contributed by atoms with Crippen LogP contribution >= 0.6 is 0 Å². The summed E-state index contributed by atoms with van der Waals surface area (Å²) in [4.78, 5) is 0. The third-order valence-corrected chi connectivity index (χ3v) is 3.75. The maximum Gasteiger partial charge on any atom is 1.00 e. The monoisotopic (exact) mass is 262 g/mol. The van der Waals surface area contributed by atoms with Gasteiger partial charge in [-0.25, -0.2) is 0 Å². The zero-order valence-electron chi connectivity index (χ0n) is 13.7. The number of hydrogen-bond donors (Lipinski definition) is 0. The van der Waals surface area contributed by atoms with E-state index in [-0.39, 0.29) is 25.5 Å². The van der Waals surface area contributed by atoms with Gasteiger partial charge in [-0.1, -0.05) is 103 Å². The second-order valence-corrected chi connectivity index (χ2v) is 5.65. The van der Waals surface area contributed by atoms with E-state index >= 15 is 0 Å². The fourth-order valence-electron chi connectivity index (χ4n) is 2.47. The molecule has 0 aromatic rings. The van der Waals surface area contributed by atoms with Crippen LogP contribution in [0, 0.1) is 0 Å². The Hall–Kier alpha value is 0.557. The van der Waals surface area contributed by atoms with Crippen LogP contribution in [0.5, 0.6) is 0 Å². The Labute approximate surface area is 134 Å². The molecule has 0 radical (unpaired) electrons. The second-order valence-electron chi connectivity index (χ2n) is 5.65.